The second kappa shape index (κ2) is 7.87. The predicted molar refractivity (Wildman–Crippen MR) is 90.7 cm³/mol. The molecule has 0 spiro atoms. The van der Waals surface area contributed by atoms with Gasteiger partial charge in [-0.25, -0.2) is 10.5 Å². The SMILES string of the molecule is ONCc1ccc(OC(Cc2ccccc2)c2cscn2)cc1. The van der Waals surface area contributed by atoms with Gasteiger partial charge in [-0.05, 0) is 23.3 Å². The Morgan fingerprint density at radius 1 is 1.04 bits per heavy atom. The van der Waals surface area contributed by atoms with Gasteiger partial charge in [-0.1, -0.05) is 42.5 Å². The highest BCUT2D eigenvalue weighted by atomic mass is 32.1. The second-order valence-electron chi connectivity index (χ2n) is 5.19. The number of nitrogens with one attached hydrogen (secondary N) is 1. The molecule has 4 nitrogen and oxygen atoms in total. The van der Waals surface area contributed by atoms with Crippen LogP contribution in [0.4, 0.5) is 0 Å². The normalized spacial score (nSPS) is 12.0. The minimum atomic E-state index is -0.120. The Morgan fingerprint density at radius 2 is 1.83 bits per heavy atom. The molecule has 0 aliphatic rings. The third-order valence-corrected chi connectivity index (χ3v) is 4.13. The predicted octanol–water partition coefficient (Wildman–Crippen LogP) is 3.98. The van der Waals surface area contributed by atoms with Gasteiger partial charge in [-0.15, -0.1) is 11.3 Å². The number of ether oxygens (including phenoxy) is 1. The van der Waals surface area contributed by atoms with Crippen LogP contribution in [0.5, 0.6) is 5.75 Å². The van der Waals surface area contributed by atoms with E-state index in [9.17, 15) is 0 Å². The molecule has 0 aliphatic heterocycles. The Bertz CT molecular complexity index is 700. The van der Waals surface area contributed by atoms with Crippen LogP contribution in [-0.4, -0.2) is 10.2 Å². The number of rotatable bonds is 7. The van der Waals surface area contributed by atoms with E-state index in [1.165, 1.54) is 5.56 Å². The van der Waals surface area contributed by atoms with Crippen molar-refractivity contribution in [1.29, 1.82) is 0 Å². The third kappa shape index (κ3) is 4.39. The second-order valence-corrected chi connectivity index (χ2v) is 5.91. The molecule has 1 atom stereocenters. The van der Waals surface area contributed by atoms with Crippen molar-refractivity contribution in [1.82, 2.24) is 10.5 Å². The number of nitrogens with zero attached hydrogens (tertiary/aromatic N) is 1. The van der Waals surface area contributed by atoms with Crippen LogP contribution in [-0.2, 0) is 13.0 Å². The summed E-state index contributed by atoms with van der Waals surface area (Å²) in [5.41, 5.74) is 7.13. The molecule has 5 heteroatoms. The van der Waals surface area contributed by atoms with Crippen LogP contribution in [0, 0.1) is 0 Å². The molecule has 0 saturated heterocycles. The van der Waals surface area contributed by atoms with E-state index < -0.39 is 0 Å². The van der Waals surface area contributed by atoms with Crippen molar-refractivity contribution >= 4 is 11.3 Å². The smallest absolute Gasteiger partial charge is 0.145 e. The van der Waals surface area contributed by atoms with E-state index in [1.807, 2.05) is 53.4 Å². The summed E-state index contributed by atoms with van der Waals surface area (Å²) >= 11 is 1.57. The summed E-state index contributed by atoms with van der Waals surface area (Å²) < 4.78 is 6.16. The van der Waals surface area contributed by atoms with E-state index in [1.54, 1.807) is 11.3 Å². The average Bonchev–Trinajstić information content (AvgIpc) is 3.12. The molecule has 1 aromatic heterocycles. The fourth-order valence-corrected chi connectivity index (χ4v) is 2.95. The van der Waals surface area contributed by atoms with Crippen molar-refractivity contribution in [2.75, 3.05) is 0 Å². The molecule has 0 aliphatic carbocycles. The van der Waals surface area contributed by atoms with Crippen molar-refractivity contribution < 1.29 is 9.94 Å². The van der Waals surface area contributed by atoms with Crippen LogP contribution >= 0.6 is 11.3 Å². The molecule has 1 heterocycles. The van der Waals surface area contributed by atoms with Gasteiger partial charge in [0, 0.05) is 18.3 Å². The molecule has 3 aromatic rings. The first-order valence-electron chi connectivity index (χ1n) is 7.39. The summed E-state index contributed by atoms with van der Waals surface area (Å²) in [4.78, 5) is 4.41. The van der Waals surface area contributed by atoms with Crippen molar-refractivity contribution in [2.45, 2.75) is 19.1 Å². The number of hydrogen-bond acceptors (Lipinski definition) is 5. The maximum Gasteiger partial charge on any atom is 0.145 e. The third-order valence-electron chi connectivity index (χ3n) is 3.53. The van der Waals surface area contributed by atoms with Gasteiger partial charge in [-0.2, -0.15) is 0 Å². The van der Waals surface area contributed by atoms with Crippen LogP contribution in [0.1, 0.15) is 22.9 Å². The summed E-state index contributed by atoms with van der Waals surface area (Å²) in [7, 11) is 0. The Hall–Kier alpha value is -2.21. The lowest BCUT2D eigenvalue weighted by Gasteiger charge is -2.18. The maximum absolute atomic E-state index is 8.74. The molecular weight excluding hydrogens is 308 g/mol. The van der Waals surface area contributed by atoms with E-state index in [2.05, 4.69) is 22.6 Å². The van der Waals surface area contributed by atoms with E-state index >= 15 is 0 Å². The molecule has 3 rings (SSSR count). The van der Waals surface area contributed by atoms with Gasteiger partial charge in [0.1, 0.15) is 11.9 Å². The Balaban J connectivity index is 1.76. The molecule has 0 radical (unpaired) electrons. The van der Waals surface area contributed by atoms with Crippen LogP contribution in [0.3, 0.4) is 0 Å². The topological polar surface area (TPSA) is 54.4 Å². The summed E-state index contributed by atoms with van der Waals surface area (Å²) in [6.45, 7) is 0.416. The van der Waals surface area contributed by atoms with E-state index in [0.717, 1.165) is 23.4 Å². The first-order chi connectivity index (χ1) is 11.3. The van der Waals surface area contributed by atoms with E-state index in [-0.39, 0.29) is 6.10 Å². The fourth-order valence-electron chi connectivity index (χ4n) is 2.36. The lowest BCUT2D eigenvalue weighted by Crippen LogP contribution is -2.11. The zero-order valence-electron chi connectivity index (χ0n) is 12.6. The van der Waals surface area contributed by atoms with E-state index in [0.29, 0.717) is 6.54 Å². The zero-order valence-corrected chi connectivity index (χ0v) is 13.4. The molecule has 2 N–H and O–H groups in total. The van der Waals surface area contributed by atoms with Crippen LogP contribution in [0.25, 0.3) is 0 Å². The fraction of sp³-hybridized carbons (Fsp3) is 0.167. The molecule has 0 amide bonds. The molecule has 118 valence electrons. The quantitative estimate of drug-likeness (QED) is 0.645. The highest BCUT2D eigenvalue weighted by molar-refractivity contribution is 7.07. The first kappa shape index (κ1) is 15.7. The van der Waals surface area contributed by atoms with Gasteiger partial charge in [0.2, 0.25) is 0 Å². The summed E-state index contributed by atoms with van der Waals surface area (Å²) in [5, 5.41) is 10.8. The average molecular weight is 326 g/mol. The highest BCUT2D eigenvalue weighted by Crippen LogP contribution is 2.25. The minimum absolute atomic E-state index is 0.120. The zero-order chi connectivity index (χ0) is 15.9. The number of aromatic nitrogens is 1. The van der Waals surface area contributed by atoms with Gasteiger partial charge < -0.3 is 9.94 Å². The molecule has 2 aromatic carbocycles. The monoisotopic (exact) mass is 326 g/mol. The molecule has 1 unspecified atom stereocenters. The lowest BCUT2D eigenvalue weighted by atomic mass is 10.1. The lowest BCUT2D eigenvalue weighted by molar-refractivity contribution is 0.161. The van der Waals surface area contributed by atoms with Gasteiger partial charge in [-0.3, -0.25) is 0 Å². The number of thiazole rings is 1. The van der Waals surface area contributed by atoms with Crippen molar-refractivity contribution in [3.63, 3.8) is 0 Å². The van der Waals surface area contributed by atoms with Crippen LogP contribution in [0.2, 0.25) is 0 Å². The number of benzene rings is 2. The van der Waals surface area contributed by atoms with Gasteiger partial charge >= 0.3 is 0 Å². The van der Waals surface area contributed by atoms with Crippen LogP contribution in [0.15, 0.2) is 65.5 Å². The molecule has 0 bridgehead atoms. The Labute approximate surface area is 139 Å². The molecule has 0 fully saturated rings. The van der Waals surface area contributed by atoms with E-state index in [4.69, 9.17) is 9.94 Å². The van der Waals surface area contributed by atoms with Gasteiger partial charge in [0.25, 0.3) is 0 Å². The molecular formula is C18H18N2O2S. The largest absolute Gasteiger partial charge is 0.484 e. The summed E-state index contributed by atoms with van der Waals surface area (Å²) in [5.74, 6) is 0.792. The minimum Gasteiger partial charge on any atom is -0.484 e. The summed E-state index contributed by atoms with van der Waals surface area (Å²) in [6, 6.07) is 18.0. The van der Waals surface area contributed by atoms with Crippen molar-refractivity contribution in [2.24, 2.45) is 0 Å². The highest BCUT2D eigenvalue weighted by Gasteiger charge is 2.16. The van der Waals surface area contributed by atoms with Gasteiger partial charge in [0.15, 0.2) is 0 Å². The molecule has 23 heavy (non-hydrogen) atoms. The van der Waals surface area contributed by atoms with Crippen molar-refractivity contribution in [3.05, 3.63) is 82.3 Å². The van der Waals surface area contributed by atoms with Crippen LogP contribution < -0.4 is 10.2 Å². The standard InChI is InChI=1S/C18H18N2O2S/c21-20-11-15-6-8-16(9-7-15)22-18(17-12-23-13-19-17)10-14-4-2-1-3-5-14/h1-9,12-13,18,20-21H,10-11H2. The summed E-state index contributed by atoms with van der Waals surface area (Å²) in [6.07, 6.45) is 0.648. The Kier molecular flexibility index (Phi) is 5.37. The number of hydroxylamine groups is 1. The maximum atomic E-state index is 8.74. The van der Waals surface area contributed by atoms with Crippen molar-refractivity contribution in [3.8, 4) is 5.75 Å². The number of hydrogen-bond donors (Lipinski definition) is 2. The molecule has 0 saturated carbocycles. The Morgan fingerprint density at radius 3 is 2.48 bits per heavy atom. The van der Waals surface area contributed by atoms with Gasteiger partial charge in [0.05, 0.1) is 11.2 Å². The first-order valence-corrected chi connectivity index (χ1v) is 8.34.